The first-order chi connectivity index (χ1) is 15.2. The largest absolute Gasteiger partial charge is 0.439 e. The third-order valence-corrected chi connectivity index (χ3v) is 4.95. The summed E-state index contributed by atoms with van der Waals surface area (Å²) in [6, 6.07) is 9.64. The van der Waals surface area contributed by atoms with Gasteiger partial charge in [-0.05, 0) is 49.2 Å². The van der Waals surface area contributed by atoms with Gasteiger partial charge >= 0.3 is 0 Å². The Morgan fingerprint density at radius 2 is 2.10 bits per heavy atom. The Bertz CT molecular complexity index is 832. The van der Waals surface area contributed by atoms with Crippen LogP contribution in [0.25, 0.3) is 0 Å². The molecule has 2 aromatic rings. The molecule has 1 N–H and O–H groups in total. The van der Waals surface area contributed by atoms with E-state index in [9.17, 15) is 4.39 Å². The second kappa shape index (κ2) is 12.2. The van der Waals surface area contributed by atoms with Gasteiger partial charge in [0.1, 0.15) is 11.6 Å². The number of pyridine rings is 1. The number of benzene rings is 1. The molecule has 0 spiro atoms. The van der Waals surface area contributed by atoms with Crippen LogP contribution in [-0.4, -0.2) is 62.4 Å². The number of aliphatic imine (C=N–C) groups is 1. The molecule has 168 valence electrons. The maximum atomic E-state index is 13.1. The number of aromatic nitrogens is 1. The number of nitrogens with zero attached hydrogens (tertiary/aromatic N) is 3. The second-order valence-electron chi connectivity index (χ2n) is 7.40. The Kier molecular flexibility index (Phi) is 9.05. The van der Waals surface area contributed by atoms with Gasteiger partial charge in [-0.1, -0.05) is 0 Å². The highest BCUT2D eigenvalue weighted by atomic mass is 19.1. The molecule has 0 amide bonds. The van der Waals surface area contributed by atoms with E-state index >= 15 is 0 Å². The molecule has 3 rings (SSSR count). The monoisotopic (exact) mass is 430 g/mol. The molecule has 1 aromatic heterocycles. The Balaban J connectivity index is 1.57. The SMILES string of the molecule is CCNC(=NCc1ccnc(Oc2ccc(F)cc2)c1)N1CCC(COCCOC)C1. The van der Waals surface area contributed by atoms with E-state index in [1.807, 2.05) is 12.1 Å². The van der Waals surface area contributed by atoms with Crippen molar-refractivity contribution in [1.29, 1.82) is 0 Å². The molecule has 7 nitrogen and oxygen atoms in total. The molecule has 1 saturated heterocycles. The van der Waals surface area contributed by atoms with Gasteiger partial charge in [0.15, 0.2) is 5.96 Å². The maximum Gasteiger partial charge on any atom is 0.219 e. The Labute approximate surface area is 183 Å². The van der Waals surface area contributed by atoms with E-state index in [0.717, 1.165) is 44.2 Å². The molecule has 2 heterocycles. The van der Waals surface area contributed by atoms with Crippen LogP contribution in [0.1, 0.15) is 18.9 Å². The summed E-state index contributed by atoms with van der Waals surface area (Å²) in [5.74, 6) is 2.10. The smallest absolute Gasteiger partial charge is 0.219 e. The molecule has 0 radical (unpaired) electrons. The molecule has 31 heavy (non-hydrogen) atoms. The molecular weight excluding hydrogens is 399 g/mol. The molecule has 1 aliphatic rings. The molecule has 0 aliphatic carbocycles. The molecule has 1 aliphatic heterocycles. The lowest BCUT2D eigenvalue weighted by molar-refractivity contribution is 0.0536. The van der Waals surface area contributed by atoms with Gasteiger partial charge in [0.2, 0.25) is 5.88 Å². The lowest BCUT2D eigenvalue weighted by Crippen LogP contribution is -2.40. The van der Waals surface area contributed by atoms with Crippen molar-refractivity contribution in [3.63, 3.8) is 0 Å². The zero-order valence-corrected chi connectivity index (χ0v) is 18.2. The lowest BCUT2D eigenvalue weighted by Gasteiger charge is -2.21. The first kappa shape index (κ1) is 23.0. The molecule has 0 bridgehead atoms. The second-order valence-corrected chi connectivity index (χ2v) is 7.40. The highest BCUT2D eigenvalue weighted by Crippen LogP contribution is 2.21. The average Bonchev–Trinajstić information content (AvgIpc) is 3.25. The van der Waals surface area contributed by atoms with Gasteiger partial charge in [-0.3, -0.25) is 0 Å². The van der Waals surface area contributed by atoms with Crippen molar-refractivity contribution < 1.29 is 18.6 Å². The highest BCUT2D eigenvalue weighted by Gasteiger charge is 2.24. The summed E-state index contributed by atoms with van der Waals surface area (Å²) in [6.45, 7) is 7.26. The summed E-state index contributed by atoms with van der Waals surface area (Å²) in [5.41, 5.74) is 0.987. The number of guanidine groups is 1. The standard InChI is InChI=1S/C23H31FN4O3/c1-3-25-23(28-11-9-19(16-28)17-30-13-12-29-2)27-15-18-8-10-26-22(14-18)31-21-6-4-20(24)5-7-21/h4-8,10,14,19H,3,9,11-13,15-17H2,1-2H3,(H,25,27). The molecule has 1 atom stereocenters. The van der Waals surface area contributed by atoms with Crippen LogP contribution in [0.3, 0.4) is 0 Å². The van der Waals surface area contributed by atoms with Gasteiger partial charge in [-0.2, -0.15) is 0 Å². The number of methoxy groups -OCH3 is 1. The Morgan fingerprint density at radius 3 is 2.87 bits per heavy atom. The molecular formula is C23H31FN4O3. The fourth-order valence-electron chi connectivity index (χ4n) is 3.37. The van der Waals surface area contributed by atoms with Gasteiger partial charge in [0, 0.05) is 44.9 Å². The van der Waals surface area contributed by atoms with Gasteiger partial charge < -0.3 is 24.4 Å². The minimum absolute atomic E-state index is 0.301. The van der Waals surface area contributed by atoms with Gasteiger partial charge in [0.25, 0.3) is 0 Å². The fraction of sp³-hybridized carbons (Fsp3) is 0.478. The van der Waals surface area contributed by atoms with Crippen molar-refractivity contribution >= 4 is 5.96 Å². The van der Waals surface area contributed by atoms with Crippen LogP contribution in [0, 0.1) is 11.7 Å². The van der Waals surface area contributed by atoms with Gasteiger partial charge in [0.05, 0.1) is 26.4 Å². The van der Waals surface area contributed by atoms with Crippen LogP contribution in [-0.2, 0) is 16.0 Å². The lowest BCUT2D eigenvalue weighted by atomic mass is 10.1. The molecule has 1 unspecified atom stereocenters. The third kappa shape index (κ3) is 7.48. The highest BCUT2D eigenvalue weighted by molar-refractivity contribution is 5.80. The summed E-state index contributed by atoms with van der Waals surface area (Å²) in [6.07, 6.45) is 2.78. The predicted molar refractivity (Wildman–Crippen MR) is 118 cm³/mol. The van der Waals surface area contributed by atoms with Crippen molar-refractivity contribution in [3.05, 3.63) is 54.0 Å². The maximum absolute atomic E-state index is 13.1. The van der Waals surface area contributed by atoms with E-state index in [1.165, 1.54) is 12.1 Å². The summed E-state index contributed by atoms with van der Waals surface area (Å²) < 4.78 is 29.5. The first-order valence-electron chi connectivity index (χ1n) is 10.7. The third-order valence-electron chi connectivity index (χ3n) is 4.95. The molecule has 1 fully saturated rings. The number of likely N-dealkylation sites (tertiary alicyclic amines) is 1. The zero-order valence-electron chi connectivity index (χ0n) is 18.2. The normalized spacial score (nSPS) is 16.5. The van der Waals surface area contributed by atoms with Crippen molar-refractivity contribution in [2.45, 2.75) is 19.9 Å². The van der Waals surface area contributed by atoms with Crippen LogP contribution >= 0.6 is 0 Å². The summed E-state index contributed by atoms with van der Waals surface area (Å²) in [4.78, 5) is 11.3. The number of ether oxygens (including phenoxy) is 3. The van der Waals surface area contributed by atoms with Crippen molar-refractivity contribution in [2.75, 3.05) is 46.6 Å². The van der Waals surface area contributed by atoms with E-state index in [4.69, 9.17) is 19.2 Å². The van der Waals surface area contributed by atoms with Crippen LogP contribution in [0.15, 0.2) is 47.6 Å². The zero-order chi connectivity index (χ0) is 21.9. The number of hydrogen-bond acceptors (Lipinski definition) is 5. The summed E-state index contributed by atoms with van der Waals surface area (Å²) in [7, 11) is 1.68. The average molecular weight is 431 g/mol. The summed E-state index contributed by atoms with van der Waals surface area (Å²) >= 11 is 0. The Hall–Kier alpha value is -2.71. The van der Waals surface area contributed by atoms with E-state index < -0.39 is 0 Å². The van der Waals surface area contributed by atoms with Gasteiger partial charge in [-0.15, -0.1) is 0 Å². The topological polar surface area (TPSA) is 68.2 Å². The van der Waals surface area contributed by atoms with Crippen LogP contribution in [0.5, 0.6) is 11.6 Å². The van der Waals surface area contributed by atoms with Gasteiger partial charge in [-0.25, -0.2) is 14.4 Å². The van der Waals surface area contributed by atoms with E-state index in [0.29, 0.717) is 37.3 Å². The van der Waals surface area contributed by atoms with Crippen molar-refractivity contribution in [1.82, 2.24) is 15.2 Å². The quantitative estimate of drug-likeness (QED) is 0.354. The molecule has 8 heteroatoms. The fourth-order valence-corrected chi connectivity index (χ4v) is 3.37. The number of nitrogens with one attached hydrogen (secondary N) is 1. The minimum Gasteiger partial charge on any atom is -0.439 e. The van der Waals surface area contributed by atoms with Crippen LogP contribution < -0.4 is 10.1 Å². The van der Waals surface area contributed by atoms with Crippen molar-refractivity contribution in [3.8, 4) is 11.6 Å². The molecule has 0 saturated carbocycles. The number of hydrogen-bond donors (Lipinski definition) is 1. The van der Waals surface area contributed by atoms with E-state index in [2.05, 4.69) is 22.1 Å². The summed E-state index contributed by atoms with van der Waals surface area (Å²) in [5, 5.41) is 3.38. The van der Waals surface area contributed by atoms with Crippen LogP contribution in [0.4, 0.5) is 4.39 Å². The van der Waals surface area contributed by atoms with Crippen molar-refractivity contribution in [2.24, 2.45) is 10.9 Å². The Morgan fingerprint density at radius 1 is 1.26 bits per heavy atom. The predicted octanol–water partition coefficient (Wildman–Crippen LogP) is 3.46. The minimum atomic E-state index is -0.301. The van der Waals surface area contributed by atoms with E-state index in [1.54, 1.807) is 25.4 Å². The first-order valence-corrected chi connectivity index (χ1v) is 10.7. The number of rotatable bonds is 10. The van der Waals surface area contributed by atoms with Crippen LogP contribution in [0.2, 0.25) is 0 Å². The number of halogens is 1. The molecule has 1 aromatic carbocycles. The van der Waals surface area contributed by atoms with E-state index in [-0.39, 0.29) is 5.82 Å².